The van der Waals surface area contributed by atoms with Crippen LogP contribution in [0.4, 0.5) is 0 Å². The van der Waals surface area contributed by atoms with Crippen LogP contribution in [0, 0.1) is 0 Å². The molecule has 0 radical (unpaired) electrons. The minimum atomic E-state index is -0.0997. The number of para-hydroxylation sites is 1. The number of nitrogens with zero attached hydrogens (tertiary/aromatic N) is 2. The van der Waals surface area contributed by atoms with E-state index in [-0.39, 0.29) is 11.9 Å². The fourth-order valence-electron chi connectivity index (χ4n) is 2.10. The van der Waals surface area contributed by atoms with Crippen molar-refractivity contribution < 1.29 is 9.53 Å². The zero-order valence-electron chi connectivity index (χ0n) is 12.2. The minimum Gasteiger partial charge on any atom is -0.496 e. The zero-order chi connectivity index (χ0) is 15.4. The SMILES string of the molecule is COc1ccccc1C(C)N(C)C(=O)c1ccc(Br)nc1. The highest BCUT2D eigenvalue weighted by Gasteiger charge is 2.21. The Morgan fingerprint density at radius 3 is 2.62 bits per heavy atom. The fraction of sp³-hybridized carbons (Fsp3) is 0.250. The standard InChI is InChI=1S/C16H17BrN2O2/c1-11(13-6-4-5-7-14(13)21-3)19(2)16(20)12-8-9-15(17)18-10-12/h4-11H,1-3H3. The van der Waals surface area contributed by atoms with E-state index < -0.39 is 0 Å². The third-order valence-corrected chi connectivity index (χ3v) is 3.93. The number of halogens is 1. The molecule has 1 amide bonds. The van der Waals surface area contributed by atoms with E-state index in [1.54, 1.807) is 37.4 Å². The smallest absolute Gasteiger partial charge is 0.255 e. The first-order valence-electron chi connectivity index (χ1n) is 6.56. The Morgan fingerprint density at radius 1 is 1.29 bits per heavy atom. The van der Waals surface area contributed by atoms with E-state index in [1.807, 2.05) is 31.2 Å². The van der Waals surface area contributed by atoms with Gasteiger partial charge < -0.3 is 9.64 Å². The van der Waals surface area contributed by atoms with Crippen LogP contribution in [0.25, 0.3) is 0 Å². The Balaban J connectivity index is 2.24. The summed E-state index contributed by atoms with van der Waals surface area (Å²) in [6, 6.07) is 11.1. The average molecular weight is 349 g/mol. The molecule has 1 aromatic carbocycles. The molecule has 1 heterocycles. The van der Waals surface area contributed by atoms with Gasteiger partial charge in [0.2, 0.25) is 0 Å². The molecule has 110 valence electrons. The van der Waals surface area contributed by atoms with Gasteiger partial charge in [-0.25, -0.2) is 4.98 Å². The number of benzene rings is 1. The maximum Gasteiger partial charge on any atom is 0.255 e. The molecule has 0 N–H and O–H groups in total. The Hall–Kier alpha value is -1.88. The highest BCUT2D eigenvalue weighted by atomic mass is 79.9. The summed E-state index contributed by atoms with van der Waals surface area (Å²) in [6.07, 6.45) is 1.57. The number of amides is 1. The van der Waals surface area contributed by atoms with Gasteiger partial charge in [0.15, 0.2) is 0 Å². The lowest BCUT2D eigenvalue weighted by molar-refractivity contribution is 0.0740. The molecule has 0 saturated heterocycles. The summed E-state index contributed by atoms with van der Waals surface area (Å²) in [5.41, 5.74) is 1.53. The van der Waals surface area contributed by atoms with Gasteiger partial charge in [-0.2, -0.15) is 0 Å². The van der Waals surface area contributed by atoms with Crippen LogP contribution >= 0.6 is 15.9 Å². The van der Waals surface area contributed by atoms with Crippen molar-refractivity contribution >= 4 is 21.8 Å². The van der Waals surface area contributed by atoms with Crippen LogP contribution in [0.3, 0.4) is 0 Å². The Bertz CT molecular complexity index is 628. The number of carbonyl (C=O) groups excluding carboxylic acids is 1. The quantitative estimate of drug-likeness (QED) is 0.791. The first-order chi connectivity index (χ1) is 10.0. The predicted molar refractivity (Wildman–Crippen MR) is 85.4 cm³/mol. The molecular formula is C16H17BrN2O2. The van der Waals surface area contributed by atoms with Crippen molar-refractivity contribution in [2.75, 3.05) is 14.2 Å². The Labute approximate surface area is 132 Å². The van der Waals surface area contributed by atoms with Gasteiger partial charge in [-0.15, -0.1) is 0 Å². The number of rotatable bonds is 4. The lowest BCUT2D eigenvalue weighted by Crippen LogP contribution is -2.30. The lowest BCUT2D eigenvalue weighted by Gasteiger charge is -2.26. The van der Waals surface area contributed by atoms with Crippen LogP contribution in [0.2, 0.25) is 0 Å². The molecule has 21 heavy (non-hydrogen) atoms. The molecule has 0 aliphatic rings. The highest BCUT2D eigenvalue weighted by Crippen LogP contribution is 2.28. The summed E-state index contributed by atoms with van der Waals surface area (Å²) < 4.78 is 6.07. The summed E-state index contributed by atoms with van der Waals surface area (Å²) in [4.78, 5) is 18.3. The first-order valence-corrected chi connectivity index (χ1v) is 7.35. The molecule has 1 atom stereocenters. The van der Waals surface area contributed by atoms with Gasteiger partial charge in [-0.1, -0.05) is 18.2 Å². The lowest BCUT2D eigenvalue weighted by atomic mass is 10.1. The molecule has 0 bridgehead atoms. The van der Waals surface area contributed by atoms with Gasteiger partial charge in [0.05, 0.1) is 18.7 Å². The fourth-order valence-corrected chi connectivity index (χ4v) is 2.34. The third kappa shape index (κ3) is 3.42. The summed E-state index contributed by atoms with van der Waals surface area (Å²) in [5.74, 6) is 0.701. The van der Waals surface area contributed by atoms with Gasteiger partial charge in [0.25, 0.3) is 5.91 Å². The van der Waals surface area contributed by atoms with Crippen molar-refractivity contribution in [1.82, 2.24) is 9.88 Å². The largest absolute Gasteiger partial charge is 0.496 e. The molecule has 0 aliphatic carbocycles. The molecule has 0 aliphatic heterocycles. The number of carbonyl (C=O) groups is 1. The van der Waals surface area contributed by atoms with Crippen LogP contribution in [0.1, 0.15) is 28.9 Å². The maximum atomic E-state index is 12.5. The van der Waals surface area contributed by atoms with Crippen molar-refractivity contribution in [3.63, 3.8) is 0 Å². The van der Waals surface area contributed by atoms with Crippen molar-refractivity contribution in [2.24, 2.45) is 0 Å². The summed E-state index contributed by atoms with van der Waals surface area (Å²) >= 11 is 3.26. The van der Waals surface area contributed by atoms with Crippen molar-refractivity contribution in [3.8, 4) is 5.75 Å². The van der Waals surface area contributed by atoms with Crippen molar-refractivity contribution in [2.45, 2.75) is 13.0 Å². The molecule has 5 heteroatoms. The molecule has 0 spiro atoms. The number of hydrogen-bond donors (Lipinski definition) is 0. The van der Waals surface area contributed by atoms with E-state index in [4.69, 9.17) is 4.74 Å². The predicted octanol–water partition coefficient (Wildman–Crippen LogP) is 3.69. The normalized spacial score (nSPS) is 11.8. The second-order valence-corrected chi connectivity index (χ2v) is 5.52. The molecular weight excluding hydrogens is 332 g/mol. The summed E-state index contributed by atoms with van der Waals surface area (Å²) in [6.45, 7) is 1.97. The van der Waals surface area contributed by atoms with Crippen LogP contribution in [-0.2, 0) is 0 Å². The molecule has 0 fully saturated rings. The molecule has 0 saturated carbocycles. The van der Waals surface area contributed by atoms with E-state index >= 15 is 0 Å². The zero-order valence-corrected chi connectivity index (χ0v) is 13.8. The molecule has 1 unspecified atom stereocenters. The molecule has 4 nitrogen and oxygen atoms in total. The second-order valence-electron chi connectivity index (χ2n) is 4.70. The van der Waals surface area contributed by atoms with E-state index in [0.717, 1.165) is 11.3 Å². The van der Waals surface area contributed by atoms with Crippen molar-refractivity contribution in [3.05, 3.63) is 58.3 Å². The van der Waals surface area contributed by atoms with Gasteiger partial charge in [-0.3, -0.25) is 4.79 Å². The molecule has 1 aromatic heterocycles. The summed E-state index contributed by atoms with van der Waals surface area (Å²) in [5, 5.41) is 0. The monoisotopic (exact) mass is 348 g/mol. The van der Waals surface area contributed by atoms with Gasteiger partial charge in [0.1, 0.15) is 10.4 Å². The summed E-state index contributed by atoms with van der Waals surface area (Å²) in [7, 11) is 3.41. The topological polar surface area (TPSA) is 42.4 Å². The van der Waals surface area contributed by atoms with Gasteiger partial charge in [-0.05, 0) is 41.1 Å². The third-order valence-electron chi connectivity index (χ3n) is 3.46. The Morgan fingerprint density at radius 2 is 2.00 bits per heavy atom. The number of methoxy groups -OCH3 is 1. The first kappa shape index (κ1) is 15.5. The van der Waals surface area contributed by atoms with Crippen LogP contribution < -0.4 is 4.74 Å². The van der Waals surface area contributed by atoms with Crippen LogP contribution in [-0.4, -0.2) is 29.9 Å². The van der Waals surface area contributed by atoms with E-state index in [1.165, 1.54) is 0 Å². The average Bonchev–Trinajstić information content (AvgIpc) is 2.53. The van der Waals surface area contributed by atoms with Crippen LogP contribution in [0.5, 0.6) is 5.75 Å². The number of aromatic nitrogens is 1. The van der Waals surface area contributed by atoms with E-state index in [0.29, 0.717) is 10.2 Å². The van der Waals surface area contributed by atoms with Gasteiger partial charge >= 0.3 is 0 Å². The second kappa shape index (κ2) is 6.72. The molecule has 2 aromatic rings. The van der Waals surface area contributed by atoms with E-state index in [9.17, 15) is 4.79 Å². The maximum absolute atomic E-state index is 12.5. The Kier molecular flexibility index (Phi) is 4.96. The van der Waals surface area contributed by atoms with Crippen LogP contribution in [0.15, 0.2) is 47.2 Å². The number of pyridine rings is 1. The molecule has 2 rings (SSSR count). The van der Waals surface area contributed by atoms with Gasteiger partial charge in [0, 0.05) is 18.8 Å². The van der Waals surface area contributed by atoms with Crippen molar-refractivity contribution in [1.29, 1.82) is 0 Å². The minimum absolute atomic E-state index is 0.0755. The highest BCUT2D eigenvalue weighted by molar-refractivity contribution is 9.10. The van der Waals surface area contributed by atoms with E-state index in [2.05, 4.69) is 20.9 Å². The number of ether oxygens (including phenoxy) is 1. The number of hydrogen-bond acceptors (Lipinski definition) is 3.